The van der Waals surface area contributed by atoms with E-state index >= 15 is 0 Å². The van der Waals surface area contributed by atoms with Gasteiger partial charge < -0.3 is 5.32 Å². The quantitative estimate of drug-likeness (QED) is 0.403. The van der Waals surface area contributed by atoms with Crippen LogP contribution in [0, 0.1) is 0 Å². The van der Waals surface area contributed by atoms with E-state index in [2.05, 4.69) is 5.32 Å². The highest BCUT2D eigenvalue weighted by Gasteiger charge is 2.15. The molecule has 1 rings (SSSR count). The number of amides is 1. The fraction of sp³-hybridized carbons (Fsp3) is 0.900. The van der Waals surface area contributed by atoms with E-state index in [1.807, 2.05) is 21.6 Å². The van der Waals surface area contributed by atoms with Gasteiger partial charge in [-0.2, -0.15) is 8.42 Å². The molecule has 0 spiro atoms. The minimum atomic E-state index is -3.98. The van der Waals surface area contributed by atoms with Gasteiger partial charge in [-0.25, -0.2) is 0 Å². The van der Waals surface area contributed by atoms with E-state index in [1.54, 1.807) is 0 Å². The number of rotatable bonds is 8. The Kier molecular flexibility index (Phi) is 7.43. The van der Waals surface area contributed by atoms with Gasteiger partial charge in [0.2, 0.25) is 5.91 Å². The van der Waals surface area contributed by atoms with Gasteiger partial charge in [-0.05, 0) is 19.3 Å². The SMILES string of the molecule is O=C(CCCC[C@@H]1CCSS1)NCCS(=O)(=O)O. The molecule has 2 N–H and O–H groups in total. The molecule has 1 aliphatic heterocycles. The van der Waals surface area contributed by atoms with E-state index in [-0.39, 0.29) is 12.5 Å². The molecule has 106 valence electrons. The second-order valence-electron chi connectivity index (χ2n) is 4.21. The molecule has 8 heteroatoms. The maximum absolute atomic E-state index is 11.3. The number of hydrogen-bond donors (Lipinski definition) is 2. The van der Waals surface area contributed by atoms with Gasteiger partial charge in [0.05, 0.1) is 5.75 Å². The molecule has 1 amide bonds. The topological polar surface area (TPSA) is 83.5 Å². The summed E-state index contributed by atoms with van der Waals surface area (Å²) in [6, 6.07) is 0. The lowest BCUT2D eigenvalue weighted by Gasteiger charge is -2.07. The molecule has 1 saturated heterocycles. The van der Waals surface area contributed by atoms with Crippen LogP contribution in [0.2, 0.25) is 0 Å². The largest absolute Gasteiger partial charge is 0.355 e. The first-order valence-electron chi connectivity index (χ1n) is 5.97. The average molecular weight is 313 g/mol. The van der Waals surface area contributed by atoms with Crippen molar-refractivity contribution in [2.75, 3.05) is 18.1 Å². The first-order valence-corrected chi connectivity index (χ1v) is 9.96. The van der Waals surface area contributed by atoms with Gasteiger partial charge in [-0.3, -0.25) is 9.35 Å². The first-order chi connectivity index (χ1) is 8.47. The van der Waals surface area contributed by atoms with Gasteiger partial charge in [0.15, 0.2) is 0 Å². The van der Waals surface area contributed by atoms with E-state index in [0.717, 1.165) is 24.5 Å². The smallest absolute Gasteiger partial charge is 0.266 e. The van der Waals surface area contributed by atoms with Crippen LogP contribution in [-0.4, -0.2) is 42.2 Å². The standard InChI is InChI=1S/C10H19NO4S3/c12-10(11-6-8-18(13,14)15)4-2-1-3-9-5-7-16-17-9/h9H,1-8H2,(H,11,12)(H,13,14,15)/t9-/m1/s1. The van der Waals surface area contributed by atoms with E-state index in [0.29, 0.717) is 6.42 Å². The summed E-state index contributed by atoms with van der Waals surface area (Å²) in [5.74, 6) is 0.659. The van der Waals surface area contributed by atoms with E-state index in [4.69, 9.17) is 4.55 Å². The number of carbonyl (C=O) groups is 1. The Bertz CT molecular complexity index is 352. The highest BCUT2D eigenvalue weighted by molar-refractivity contribution is 8.77. The summed E-state index contributed by atoms with van der Waals surface area (Å²) >= 11 is 0. The molecule has 0 saturated carbocycles. The zero-order chi connectivity index (χ0) is 13.4. The van der Waals surface area contributed by atoms with Gasteiger partial charge in [0.25, 0.3) is 10.1 Å². The lowest BCUT2D eigenvalue weighted by Crippen LogP contribution is -2.28. The van der Waals surface area contributed by atoms with Crippen molar-refractivity contribution in [2.24, 2.45) is 0 Å². The molecule has 1 atom stereocenters. The Hall–Kier alpha value is 0.0800. The lowest BCUT2D eigenvalue weighted by molar-refractivity contribution is -0.121. The molecule has 5 nitrogen and oxygen atoms in total. The summed E-state index contributed by atoms with van der Waals surface area (Å²) in [4.78, 5) is 11.3. The Morgan fingerprint density at radius 1 is 1.39 bits per heavy atom. The van der Waals surface area contributed by atoms with Crippen LogP contribution in [0.1, 0.15) is 32.1 Å². The summed E-state index contributed by atoms with van der Waals surface area (Å²) < 4.78 is 29.3. The molecule has 18 heavy (non-hydrogen) atoms. The maximum Gasteiger partial charge on any atom is 0.266 e. The molecule has 0 aromatic rings. The molecule has 1 fully saturated rings. The highest BCUT2D eigenvalue weighted by atomic mass is 33.1. The maximum atomic E-state index is 11.3. The highest BCUT2D eigenvalue weighted by Crippen LogP contribution is 2.39. The Morgan fingerprint density at radius 3 is 2.78 bits per heavy atom. The predicted molar refractivity (Wildman–Crippen MR) is 76.3 cm³/mol. The van der Waals surface area contributed by atoms with Crippen LogP contribution in [0.3, 0.4) is 0 Å². The molecular formula is C10H19NO4S3. The van der Waals surface area contributed by atoms with Crippen molar-refractivity contribution in [2.45, 2.75) is 37.4 Å². The van der Waals surface area contributed by atoms with Gasteiger partial charge in [0.1, 0.15) is 0 Å². The second kappa shape index (κ2) is 8.29. The van der Waals surface area contributed by atoms with Gasteiger partial charge in [-0.15, -0.1) is 0 Å². The minimum absolute atomic E-state index is 0.0210. The fourth-order valence-corrected chi connectivity index (χ4v) is 5.02. The van der Waals surface area contributed by atoms with Gasteiger partial charge in [-0.1, -0.05) is 28.0 Å². The Balaban J connectivity index is 1.96. The van der Waals surface area contributed by atoms with Crippen molar-refractivity contribution >= 4 is 37.6 Å². The van der Waals surface area contributed by atoms with Crippen LogP contribution in [0.5, 0.6) is 0 Å². The summed E-state index contributed by atoms with van der Waals surface area (Å²) in [5, 5.41) is 3.21. The molecule has 0 aromatic heterocycles. The van der Waals surface area contributed by atoms with Crippen molar-refractivity contribution < 1.29 is 17.8 Å². The van der Waals surface area contributed by atoms with Crippen LogP contribution in [-0.2, 0) is 14.9 Å². The number of nitrogens with one attached hydrogen (secondary N) is 1. The number of hydrogen-bond acceptors (Lipinski definition) is 5. The van der Waals surface area contributed by atoms with Crippen molar-refractivity contribution in [1.29, 1.82) is 0 Å². The minimum Gasteiger partial charge on any atom is -0.355 e. The molecule has 1 heterocycles. The second-order valence-corrected chi connectivity index (χ2v) is 8.57. The Morgan fingerprint density at radius 2 is 2.17 bits per heavy atom. The fourth-order valence-electron chi connectivity index (χ4n) is 1.63. The molecule has 0 unspecified atom stereocenters. The number of carbonyl (C=O) groups excluding carboxylic acids is 1. The summed E-state index contributed by atoms with van der Waals surface area (Å²) in [6.07, 6.45) is 4.70. The lowest BCUT2D eigenvalue weighted by atomic mass is 10.1. The van der Waals surface area contributed by atoms with Crippen molar-refractivity contribution in [1.82, 2.24) is 5.32 Å². The number of unbranched alkanes of at least 4 members (excludes halogenated alkanes) is 1. The molecule has 0 radical (unpaired) electrons. The van der Waals surface area contributed by atoms with Crippen molar-refractivity contribution in [3.8, 4) is 0 Å². The normalized spacial score (nSPS) is 19.9. The molecule has 0 bridgehead atoms. The third kappa shape index (κ3) is 8.23. The summed E-state index contributed by atoms with van der Waals surface area (Å²) in [5.41, 5.74) is 0. The Labute approximate surface area is 116 Å². The van der Waals surface area contributed by atoms with Crippen LogP contribution < -0.4 is 5.32 Å². The molecular weight excluding hydrogens is 294 g/mol. The monoisotopic (exact) mass is 313 g/mol. The third-order valence-corrected chi connectivity index (χ3v) is 6.32. The molecule has 0 aromatic carbocycles. The van der Waals surface area contributed by atoms with E-state index in [9.17, 15) is 13.2 Å². The molecule has 1 aliphatic rings. The van der Waals surface area contributed by atoms with E-state index in [1.165, 1.54) is 12.2 Å². The van der Waals surface area contributed by atoms with Crippen LogP contribution in [0.4, 0.5) is 0 Å². The summed E-state index contributed by atoms with van der Waals surface area (Å²) in [6.45, 7) is -0.0210. The first kappa shape index (κ1) is 16.1. The average Bonchev–Trinajstić information content (AvgIpc) is 2.75. The van der Waals surface area contributed by atoms with Gasteiger partial charge in [0, 0.05) is 24.0 Å². The van der Waals surface area contributed by atoms with Crippen molar-refractivity contribution in [3.63, 3.8) is 0 Å². The third-order valence-electron chi connectivity index (χ3n) is 2.59. The zero-order valence-electron chi connectivity index (χ0n) is 10.1. The van der Waals surface area contributed by atoms with E-state index < -0.39 is 15.9 Å². The molecule has 0 aliphatic carbocycles. The van der Waals surface area contributed by atoms with Crippen molar-refractivity contribution in [3.05, 3.63) is 0 Å². The van der Waals surface area contributed by atoms with Crippen LogP contribution in [0.15, 0.2) is 0 Å². The van der Waals surface area contributed by atoms with Gasteiger partial charge >= 0.3 is 0 Å². The van der Waals surface area contributed by atoms with Crippen LogP contribution in [0.25, 0.3) is 0 Å². The van der Waals surface area contributed by atoms with Crippen LogP contribution >= 0.6 is 21.6 Å². The zero-order valence-corrected chi connectivity index (χ0v) is 12.6. The predicted octanol–water partition coefficient (Wildman–Crippen LogP) is 1.70. The summed E-state index contributed by atoms with van der Waals surface area (Å²) in [7, 11) is -0.120.